The monoisotopic (exact) mass is 393 g/mol. The van der Waals surface area contributed by atoms with E-state index in [9.17, 15) is 4.79 Å². The van der Waals surface area contributed by atoms with Gasteiger partial charge in [-0.1, -0.05) is 13.8 Å². The number of nitrogens with zero attached hydrogens (tertiary/aromatic N) is 3. The molecule has 3 rings (SSSR count). The van der Waals surface area contributed by atoms with E-state index in [-0.39, 0.29) is 5.92 Å². The van der Waals surface area contributed by atoms with Gasteiger partial charge in [-0.25, -0.2) is 0 Å². The van der Waals surface area contributed by atoms with E-state index in [0.717, 1.165) is 57.6 Å². The zero-order valence-electron chi connectivity index (χ0n) is 18.9. The van der Waals surface area contributed by atoms with Crippen molar-refractivity contribution in [1.29, 1.82) is 0 Å². The summed E-state index contributed by atoms with van der Waals surface area (Å²) >= 11 is 0. The molecular weight excluding hydrogens is 350 g/mol. The molecular formula is C23H43N3O2. The number of carbonyl (C=O) groups is 1. The lowest BCUT2D eigenvalue weighted by molar-refractivity contribution is -0.140. The molecule has 2 heterocycles. The smallest absolute Gasteiger partial charge is 0.227 e. The van der Waals surface area contributed by atoms with Crippen molar-refractivity contribution in [3.05, 3.63) is 0 Å². The van der Waals surface area contributed by atoms with Crippen LogP contribution >= 0.6 is 0 Å². The molecule has 162 valence electrons. The molecule has 3 fully saturated rings. The zero-order chi connectivity index (χ0) is 20.3. The minimum atomic E-state index is 0.193. The van der Waals surface area contributed by atoms with Crippen molar-refractivity contribution in [3.63, 3.8) is 0 Å². The van der Waals surface area contributed by atoms with Crippen LogP contribution in [-0.4, -0.2) is 85.2 Å². The highest BCUT2D eigenvalue weighted by atomic mass is 16.5. The van der Waals surface area contributed by atoms with Gasteiger partial charge in [0.05, 0.1) is 18.6 Å². The maximum absolute atomic E-state index is 13.2. The summed E-state index contributed by atoms with van der Waals surface area (Å²) in [6.45, 7) is 14.7. The van der Waals surface area contributed by atoms with Crippen molar-refractivity contribution in [2.75, 3.05) is 46.4 Å². The Hall–Kier alpha value is -0.650. The van der Waals surface area contributed by atoms with Crippen LogP contribution in [0.1, 0.15) is 59.8 Å². The summed E-state index contributed by atoms with van der Waals surface area (Å²) in [6, 6.07) is 1.57. The Morgan fingerprint density at radius 1 is 0.964 bits per heavy atom. The Morgan fingerprint density at radius 3 is 2.25 bits per heavy atom. The van der Waals surface area contributed by atoms with Gasteiger partial charge in [-0.3, -0.25) is 9.69 Å². The normalized spacial score (nSPS) is 33.2. The number of amides is 1. The second-order valence-corrected chi connectivity index (χ2v) is 10.0. The standard InChI is InChI=1S/C23H43N3O2/c1-17(2)19-6-8-21(9-7-19)26-13-12-25(15-22(26)16-28-5)23(27)20-10-11-24(14-20)18(3)4/h17-22H,6-16H2,1-5H3/t19?,20-,21?,22+/m1/s1. The largest absolute Gasteiger partial charge is 0.383 e. The third-order valence-corrected chi connectivity index (χ3v) is 7.65. The van der Waals surface area contributed by atoms with Crippen molar-refractivity contribution in [3.8, 4) is 0 Å². The summed E-state index contributed by atoms with van der Waals surface area (Å²) < 4.78 is 5.58. The lowest BCUT2D eigenvalue weighted by Crippen LogP contribution is -2.60. The zero-order valence-corrected chi connectivity index (χ0v) is 18.9. The van der Waals surface area contributed by atoms with Crippen LogP contribution in [0.2, 0.25) is 0 Å². The molecule has 0 radical (unpaired) electrons. The highest BCUT2D eigenvalue weighted by molar-refractivity contribution is 5.79. The molecule has 1 aliphatic carbocycles. The fraction of sp³-hybridized carbons (Fsp3) is 0.957. The van der Waals surface area contributed by atoms with Crippen LogP contribution in [0.5, 0.6) is 0 Å². The second-order valence-electron chi connectivity index (χ2n) is 10.0. The van der Waals surface area contributed by atoms with Gasteiger partial charge in [0.25, 0.3) is 0 Å². The summed E-state index contributed by atoms with van der Waals surface area (Å²) in [4.78, 5) is 20.4. The highest BCUT2D eigenvalue weighted by Gasteiger charge is 2.39. The average Bonchev–Trinajstić information content (AvgIpc) is 3.18. The Balaban J connectivity index is 1.56. The van der Waals surface area contributed by atoms with Crippen molar-refractivity contribution >= 4 is 5.91 Å². The molecule has 2 aliphatic heterocycles. The predicted octanol–water partition coefficient (Wildman–Crippen LogP) is 3.09. The molecule has 0 N–H and O–H groups in total. The molecule has 3 aliphatic rings. The minimum Gasteiger partial charge on any atom is -0.383 e. The van der Waals surface area contributed by atoms with E-state index in [0.29, 0.717) is 24.0 Å². The molecule has 0 aromatic rings. The van der Waals surface area contributed by atoms with Gasteiger partial charge in [-0.15, -0.1) is 0 Å². The van der Waals surface area contributed by atoms with E-state index < -0.39 is 0 Å². The van der Waals surface area contributed by atoms with Crippen LogP contribution in [0, 0.1) is 17.8 Å². The number of rotatable bonds is 6. The van der Waals surface area contributed by atoms with Gasteiger partial charge < -0.3 is 14.5 Å². The highest BCUT2D eigenvalue weighted by Crippen LogP contribution is 2.34. The molecule has 28 heavy (non-hydrogen) atoms. The van der Waals surface area contributed by atoms with Gasteiger partial charge in [0.1, 0.15) is 0 Å². The molecule has 1 saturated carbocycles. The van der Waals surface area contributed by atoms with E-state index in [2.05, 4.69) is 42.4 Å². The first-order valence-electron chi connectivity index (χ1n) is 11.7. The average molecular weight is 394 g/mol. The van der Waals surface area contributed by atoms with Gasteiger partial charge in [0.2, 0.25) is 5.91 Å². The van der Waals surface area contributed by atoms with Crippen molar-refractivity contribution < 1.29 is 9.53 Å². The van der Waals surface area contributed by atoms with Crippen LogP contribution < -0.4 is 0 Å². The minimum absolute atomic E-state index is 0.193. The van der Waals surface area contributed by atoms with Gasteiger partial charge in [-0.2, -0.15) is 0 Å². The molecule has 5 heteroatoms. The number of carbonyl (C=O) groups excluding carboxylic acids is 1. The van der Waals surface area contributed by atoms with E-state index in [4.69, 9.17) is 4.74 Å². The summed E-state index contributed by atoms with van der Waals surface area (Å²) in [6.07, 6.45) is 6.35. The van der Waals surface area contributed by atoms with E-state index in [1.165, 1.54) is 25.7 Å². The molecule has 0 bridgehead atoms. The van der Waals surface area contributed by atoms with Crippen molar-refractivity contribution in [2.24, 2.45) is 17.8 Å². The Kier molecular flexibility index (Phi) is 7.80. The van der Waals surface area contributed by atoms with Gasteiger partial charge in [-0.05, 0) is 64.3 Å². The summed E-state index contributed by atoms with van der Waals surface area (Å²) in [5.74, 6) is 2.28. The first-order valence-corrected chi connectivity index (χ1v) is 11.7. The number of hydrogen-bond acceptors (Lipinski definition) is 4. The van der Waals surface area contributed by atoms with Gasteiger partial charge in [0.15, 0.2) is 0 Å². The molecule has 0 aromatic carbocycles. The maximum atomic E-state index is 13.2. The third kappa shape index (κ3) is 5.09. The third-order valence-electron chi connectivity index (χ3n) is 7.65. The molecule has 2 atom stereocenters. The second kappa shape index (κ2) is 9.90. The Morgan fingerprint density at radius 2 is 1.68 bits per heavy atom. The number of likely N-dealkylation sites (tertiary alicyclic amines) is 1. The van der Waals surface area contributed by atoms with E-state index >= 15 is 0 Å². The first-order chi connectivity index (χ1) is 13.4. The van der Waals surface area contributed by atoms with Crippen LogP contribution in [0.15, 0.2) is 0 Å². The Labute approximate surface area is 172 Å². The summed E-state index contributed by atoms with van der Waals surface area (Å²) in [5.41, 5.74) is 0. The number of methoxy groups -OCH3 is 1. The molecule has 0 spiro atoms. The quantitative estimate of drug-likeness (QED) is 0.695. The molecule has 0 aromatic heterocycles. The van der Waals surface area contributed by atoms with Crippen LogP contribution in [0.25, 0.3) is 0 Å². The van der Waals surface area contributed by atoms with Crippen LogP contribution in [0.4, 0.5) is 0 Å². The van der Waals surface area contributed by atoms with E-state index in [1.54, 1.807) is 7.11 Å². The van der Waals surface area contributed by atoms with Crippen molar-refractivity contribution in [1.82, 2.24) is 14.7 Å². The molecule has 5 nitrogen and oxygen atoms in total. The van der Waals surface area contributed by atoms with Crippen molar-refractivity contribution in [2.45, 2.75) is 77.9 Å². The topological polar surface area (TPSA) is 36.0 Å². The predicted molar refractivity (Wildman–Crippen MR) is 114 cm³/mol. The first kappa shape index (κ1) is 22.0. The fourth-order valence-corrected chi connectivity index (χ4v) is 5.71. The van der Waals surface area contributed by atoms with E-state index in [1.807, 2.05) is 0 Å². The summed E-state index contributed by atoms with van der Waals surface area (Å²) in [7, 11) is 1.80. The lowest BCUT2D eigenvalue weighted by Gasteiger charge is -2.47. The fourth-order valence-electron chi connectivity index (χ4n) is 5.71. The SMILES string of the molecule is COC[C@@H]1CN(C(=O)[C@@H]2CCN(C(C)C)C2)CCN1C1CCC(C(C)C)CC1. The maximum Gasteiger partial charge on any atom is 0.227 e. The molecule has 2 saturated heterocycles. The lowest BCUT2D eigenvalue weighted by atomic mass is 9.79. The van der Waals surface area contributed by atoms with Crippen LogP contribution in [-0.2, 0) is 9.53 Å². The number of hydrogen-bond donors (Lipinski definition) is 0. The molecule has 0 unspecified atom stereocenters. The van der Waals surface area contributed by atoms with Gasteiger partial charge >= 0.3 is 0 Å². The number of piperazine rings is 1. The summed E-state index contributed by atoms with van der Waals surface area (Å²) in [5, 5.41) is 0. The Bertz CT molecular complexity index is 502. The van der Waals surface area contributed by atoms with Crippen LogP contribution in [0.3, 0.4) is 0 Å². The number of ether oxygens (including phenoxy) is 1. The molecule has 1 amide bonds. The van der Waals surface area contributed by atoms with Gasteiger partial charge in [0, 0.05) is 45.4 Å².